The van der Waals surface area contributed by atoms with Gasteiger partial charge in [-0.1, -0.05) is 0 Å². The molecule has 0 saturated heterocycles. The standard InChI is InChI=1S/C4H9FO2/c5-2-1-3-7-4-6/h6H,1-4H2. The molecule has 0 radical (unpaired) electrons. The third-order valence-electron chi connectivity index (χ3n) is 0.514. The lowest BCUT2D eigenvalue weighted by Crippen LogP contribution is -1.95. The van der Waals surface area contributed by atoms with Crippen LogP contribution in [0, 0.1) is 0 Å². The van der Waals surface area contributed by atoms with Crippen LogP contribution >= 0.6 is 0 Å². The first-order chi connectivity index (χ1) is 3.41. The molecule has 0 aliphatic heterocycles. The van der Waals surface area contributed by atoms with Crippen LogP contribution in [0.1, 0.15) is 6.42 Å². The van der Waals surface area contributed by atoms with Gasteiger partial charge in [0.2, 0.25) is 0 Å². The van der Waals surface area contributed by atoms with Crippen LogP contribution in [0.25, 0.3) is 0 Å². The van der Waals surface area contributed by atoms with E-state index < -0.39 is 0 Å². The molecule has 7 heavy (non-hydrogen) atoms. The molecule has 0 amide bonds. The Labute approximate surface area is 41.9 Å². The van der Waals surface area contributed by atoms with Crippen molar-refractivity contribution in [2.24, 2.45) is 0 Å². The van der Waals surface area contributed by atoms with Crippen molar-refractivity contribution in [1.82, 2.24) is 0 Å². The summed E-state index contributed by atoms with van der Waals surface area (Å²) in [5.74, 6) is 0. The first-order valence-corrected chi connectivity index (χ1v) is 2.16. The molecule has 0 heterocycles. The van der Waals surface area contributed by atoms with Gasteiger partial charge in [0.1, 0.15) is 6.79 Å². The molecule has 1 N–H and O–H groups in total. The van der Waals surface area contributed by atoms with Gasteiger partial charge < -0.3 is 9.84 Å². The summed E-state index contributed by atoms with van der Waals surface area (Å²) < 4.78 is 15.5. The lowest BCUT2D eigenvalue weighted by molar-refractivity contribution is -0.00367. The fourth-order valence-corrected chi connectivity index (χ4v) is 0.221. The number of halogens is 1. The van der Waals surface area contributed by atoms with Gasteiger partial charge in [0.15, 0.2) is 0 Å². The molecule has 0 saturated carbocycles. The van der Waals surface area contributed by atoms with Crippen molar-refractivity contribution in [3.05, 3.63) is 0 Å². The summed E-state index contributed by atoms with van der Waals surface area (Å²) in [6.07, 6.45) is 0.376. The Kier molecular flexibility index (Phi) is 5.72. The summed E-state index contributed by atoms with van der Waals surface area (Å²) >= 11 is 0. The Balaban J connectivity index is 2.45. The molecule has 0 aromatic rings. The average Bonchev–Trinajstić information content (AvgIpc) is 1.69. The van der Waals surface area contributed by atoms with E-state index in [1.807, 2.05) is 0 Å². The molecule has 0 unspecified atom stereocenters. The van der Waals surface area contributed by atoms with E-state index >= 15 is 0 Å². The molecule has 0 aromatic heterocycles. The topological polar surface area (TPSA) is 29.5 Å². The second-order valence-electron chi connectivity index (χ2n) is 1.08. The summed E-state index contributed by atoms with van der Waals surface area (Å²) in [5.41, 5.74) is 0. The van der Waals surface area contributed by atoms with Crippen molar-refractivity contribution < 1.29 is 14.2 Å². The van der Waals surface area contributed by atoms with Crippen LogP contribution in [0.5, 0.6) is 0 Å². The molecule has 0 bridgehead atoms. The Morgan fingerprint density at radius 3 is 2.71 bits per heavy atom. The second kappa shape index (κ2) is 5.85. The van der Waals surface area contributed by atoms with E-state index in [-0.39, 0.29) is 13.5 Å². The van der Waals surface area contributed by atoms with Crippen molar-refractivity contribution >= 4 is 0 Å². The number of alkyl halides is 1. The third-order valence-corrected chi connectivity index (χ3v) is 0.514. The maximum Gasteiger partial charge on any atom is 0.143 e. The molecule has 2 nitrogen and oxygen atoms in total. The van der Waals surface area contributed by atoms with Crippen LogP contribution in [0.15, 0.2) is 0 Å². The molecule has 0 aliphatic carbocycles. The SMILES string of the molecule is OCOCCCF. The Morgan fingerprint density at radius 2 is 2.29 bits per heavy atom. The van der Waals surface area contributed by atoms with Gasteiger partial charge in [-0.15, -0.1) is 0 Å². The molecule has 0 atom stereocenters. The first kappa shape index (κ1) is 6.85. The molecule has 3 heteroatoms. The quantitative estimate of drug-likeness (QED) is 0.415. The molecule has 0 fully saturated rings. The summed E-state index contributed by atoms with van der Waals surface area (Å²) in [6, 6.07) is 0. The number of rotatable bonds is 4. The zero-order chi connectivity index (χ0) is 5.54. The largest absolute Gasteiger partial charge is 0.371 e. The molecule has 0 aromatic carbocycles. The van der Waals surface area contributed by atoms with E-state index in [1.54, 1.807) is 0 Å². The maximum atomic E-state index is 11.2. The van der Waals surface area contributed by atoms with Crippen molar-refractivity contribution in [1.29, 1.82) is 0 Å². The lowest BCUT2D eigenvalue weighted by Gasteiger charge is -1.92. The van der Waals surface area contributed by atoms with Gasteiger partial charge in [0.25, 0.3) is 0 Å². The van der Waals surface area contributed by atoms with Crippen molar-refractivity contribution in [3.8, 4) is 0 Å². The lowest BCUT2D eigenvalue weighted by atomic mass is 10.5. The van der Waals surface area contributed by atoms with Crippen LogP contribution < -0.4 is 0 Å². The smallest absolute Gasteiger partial charge is 0.143 e. The molecular formula is C4H9FO2. The zero-order valence-corrected chi connectivity index (χ0v) is 4.06. The molecule has 0 spiro atoms. The van der Waals surface area contributed by atoms with Crippen LogP contribution in [0.2, 0.25) is 0 Å². The normalized spacial score (nSPS) is 9.43. The van der Waals surface area contributed by atoms with Gasteiger partial charge >= 0.3 is 0 Å². The fraction of sp³-hybridized carbons (Fsp3) is 1.00. The highest BCUT2D eigenvalue weighted by Crippen LogP contribution is 1.80. The van der Waals surface area contributed by atoms with Gasteiger partial charge in [-0.3, -0.25) is 4.39 Å². The van der Waals surface area contributed by atoms with E-state index in [4.69, 9.17) is 5.11 Å². The van der Waals surface area contributed by atoms with Crippen LogP contribution in [-0.4, -0.2) is 25.2 Å². The number of aliphatic hydroxyl groups is 1. The highest BCUT2D eigenvalue weighted by atomic mass is 19.1. The highest BCUT2D eigenvalue weighted by Gasteiger charge is 1.81. The van der Waals surface area contributed by atoms with Crippen molar-refractivity contribution in [2.75, 3.05) is 20.1 Å². The predicted octanol–water partition coefficient (Wildman–Crippen LogP) is 0.312. The summed E-state index contributed by atoms with van der Waals surface area (Å²) in [7, 11) is 0. The molecule has 44 valence electrons. The first-order valence-electron chi connectivity index (χ1n) is 2.16. The van der Waals surface area contributed by atoms with Crippen molar-refractivity contribution in [3.63, 3.8) is 0 Å². The second-order valence-corrected chi connectivity index (χ2v) is 1.08. The number of aliphatic hydroxyl groups excluding tert-OH is 1. The third kappa shape index (κ3) is 5.85. The van der Waals surface area contributed by atoms with Gasteiger partial charge in [0, 0.05) is 0 Å². The number of hydrogen-bond donors (Lipinski definition) is 1. The highest BCUT2D eigenvalue weighted by molar-refractivity contribution is 4.27. The zero-order valence-electron chi connectivity index (χ0n) is 4.06. The number of hydrogen-bond acceptors (Lipinski definition) is 2. The summed E-state index contributed by atoms with van der Waals surface area (Å²) in [4.78, 5) is 0. The van der Waals surface area contributed by atoms with Crippen LogP contribution in [-0.2, 0) is 4.74 Å². The Morgan fingerprint density at radius 1 is 1.57 bits per heavy atom. The van der Waals surface area contributed by atoms with E-state index in [0.717, 1.165) is 0 Å². The Hall–Kier alpha value is -0.150. The van der Waals surface area contributed by atoms with Crippen molar-refractivity contribution in [2.45, 2.75) is 6.42 Å². The molecule has 0 rings (SSSR count). The van der Waals surface area contributed by atoms with Crippen LogP contribution in [0.3, 0.4) is 0 Å². The minimum absolute atomic E-state index is 0.306. The monoisotopic (exact) mass is 108 g/mol. The Bertz CT molecular complexity index is 28.9. The van der Waals surface area contributed by atoms with E-state index in [0.29, 0.717) is 13.0 Å². The van der Waals surface area contributed by atoms with Crippen LogP contribution in [0.4, 0.5) is 4.39 Å². The minimum atomic E-state index is -0.375. The average molecular weight is 108 g/mol. The fourth-order valence-electron chi connectivity index (χ4n) is 0.221. The van der Waals surface area contributed by atoms with E-state index in [1.165, 1.54) is 0 Å². The predicted molar refractivity (Wildman–Crippen MR) is 23.6 cm³/mol. The van der Waals surface area contributed by atoms with Gasteiger partial charge in [0.05, 0.1) is 13.3 Å². The maximum absolute atomic E-state index is 11.2. The summed E-state index contributed by atoms with van der Waals surface area (Å²) in [5, 5.41) is 7.95. The minimum Gasteiger partial charge on any atom is -0.371 e. The van der Waals surface area contributed by atoms with Gasteiger partial charge in [-0.25, -0.2) is 0 Å². The number of ether oxygens (including phenoxy) is 1. The van der Waals surface area contributed by atoms with E-state index in [2.05, 4.69) is 4.74 Å². The molecular weight excluding hydrogens is 99.0 g/mol. The van der Waals surface area contributed by atoms with Gasteiger partial charge in [-0.2, -0.15) is 0 Å². The van der Waals surface area contributed by atoms with E-state index in [9.17, 15) is 4.39 Å². The van der Waals surface area contributed by atoms with Gasteiger partial charge in [-0.05, 0) is 6.42 Å². The summed E-state index contributed by atoms with van der Waals surface area (Å²) in [6.45, 7) is -0.368. The molecule has 0 aliphatic rings.